The predicted octanol–water partition coefficient (Wildman–Crippen LogP) is 2.62. The van der Waals surface area contributed by atoms with Gasteiger partial charge in [0.2, 0.25) is 16.1 Å². The van der Waals surface area contributed by atoms with Gasteiger partial charge < -0.3 is 9.59 Å². The second-order valence-electron chi connectivity index (χ2n) is 11.4. The molecule has 6 aromatic carbocycles. The van der Waals surface area contributed by atoms with Gasteiger partial charge in [0.05, 0.1) is 10.8 Å². The van der Waals surface area contributed by atoms with Crippen molar-refractivity contribution >= 4 is 58.1 Å². The molecule has 0 saturated heterocycles. The maximum Gasteiger partial charge on any atom is 1.00 e. The van der Waals surface area contributed by atoms with Crippen LogP contribution in [0.3, 0.4) is 0 Å². The van der Waals surface area contributed by atoms with Gasteiger partial charge in [-0.05, 0) is 31.1 Å². The normalized spacial score (nSPS) is 10.9. The summed E-state index contributed by atoms with van der Waals surface area (Å²) >= 11 is 0. The van der Waals surface area contributed by atoms with Crippen LogP contribution in [0, 0.1) is 12.2 Å². The van der Waals surface area contributed by atoms with Crippen molar-refractivity contribution in [1.29, 1.82) is 0 Å². The van der Waals surface area contributed by atoms with E-state index in [1.165, 1.54) is 0 Å². The molecule has 6 aromatic rings. The van der Waals surface area contributed by atoms with Gasteiger partial charge in [-0.2, -0.15) is 13.2 Å². The predicted molar refractivity (Wildman–Crippen MR) is 214 cm³/mol. The minimum atomic E-state index is -2.89. The van der Waals surface area contributed by atoms with Gasteiger partial charge in [0, 0.05) is 0 Å². The average molecular weight is 749 g/mol. The van der Waals surface area contributed by atoms with Gasteiger partial charge in [0.15, 0.2) is 0 Å². The molecular weight excluding hydrogens is 711 g/mol. The molecule has 0 radical (unpaired) electrons. The molecule has 6 rings (SSSR count). The largest absolute Gasteiger partial charge is 1.00 e. The summed E-state index contributed by atoms with van der Waals surface area (Å²) in [4.78, 5) is 27.0. The zero-order chi connectivity index (χ0) is 35.1. The number of carbonyl (C=O) groups excluding carboxylic acids is 2. The van der Waals surface area contributed by atoms with Crippen molar-refractivity contribution in [3.8, 4) is 0 Å². The van der Waals surface area contributed by atoms with Crippen LogP contribution in [0.2, 0.25) is 0 Å². The second-order valence-corrected chi connectivity index (χ2v) is 18.8. The summed E-state index contributed by atoms with van der Waals surface area (Å²) < 4.78 is 0. The zero-order valence-electron chi connectivity index (χ0n) is 29.2. The van der Waals surface area contributed by atoms with Gasteiger partial charge in [0.25, 0.3) is 0 Å². The van der Waals surface area contributed by atoms with E-state index < -0.39 is 16.1 Å². The van der Waals surface area contributed by atoms with Crippen LogP contribution in [0.25, 0.3) is 0 Å². The van der Waals surface area contributed by atoms with Gasteiger partial charge >= 0.3 is 35.9 Å². The maximum atomic E-state index is 13.5. The molecule has 0 bridgehead atoms. The number of hydrogen-bond donors (Lipinski definition) is 0. The first-order valence-electron chi connectivity index (χ1n) is 16.4. The Morgan fingerprint density at radius 1 is 0.385 bits per heavy atom. The van der Waals surface area contributed by atoms with Crippen LogP contribution in [-0.4, -0.2) is 27.0 Å². The molecule has 0 aromatic heterocycles. The molecule has 0 saturated carbocycles. The van der Waals surface area contributed by atoms with Gasteiger partial charge in [-0.25, -0.2) is 36.5 Å². The summed E-state index contributed by atoms with van der Waals surface area (Å²) in [5.41, 5.74) is 0. The van der Waals surface area contributed by atoms with E-state index in [4.69, 9.17) is 0 Å². The summed E-state index contributed by atoms with van der Waals surface area (Å²) in [6.07, 6.45) is 12.3. The fraction of sp³-hybridized carbons (Fsp3) is 0. The summed E-state index contributed by atoms with van der Waals surface area (Å²) in [6.45, 7) is 7.36. The SMILES string of the molecule is C=CC=[C-]C(=O)[Si](c1ccccc1)(c1ccccc1)c1ccccc1.C=CC=[C-]C(=O)[Si](c1ccccc1)(c1ccccc1)c1ccccc1.[Cu+].[Li+]. The molecule has 254 valence electrons. The van der Waals surface area contributed by atoms with Gasteiger partial charge in [-0.1, -0.05) is 182 Å². The second kappa shape index (κ2) is 20.9. The van der Waals surface area contributed by atoms with Crippen LogP contribution < -0.4 is 50.0 Å². The van der Waals surface area contributed by atoms with E-state index in [1.54, 1.807) is 24.3 Å². The molecule has 0 aliphatic carbocycles. The fourth-order valence-electron chi connectivity index (χ4n) is 6.40. The molecule has 0 heterocycles. The first kappa shape index (κ1) is 41.6. The third kappa shape index (κ3) is 8.96. The van der Waals surface area contributed by atoms with E-state index in [0.29, 0.717) is 0 Å². The smallest absolute Gasteiger partial charge is 0.321 e. The summed E-state index contributed by atoms with van der Waals surface area (Å²) in [5.74, 6) is 0. The van der Waals surface area contributed by atoms with Crippen molar-refractivity contribution in [2.45, 2.75) is 0 Å². The van der Waals surface area contributed by atoms with Gasteiger partial charge in [0.1, 0.15) is 0 Å². The van der Waals surface area contributed by atoms with Crippen molar-refractivity contribution in [3.63, 3.8) is 0 Å². The first-order chi connectivity index (χ1) is 24.6. The Kier molecular flexibility index (Phi) is 16.7. The van der Waals surface area contributed by atoms with Crippen molar-refractivity contribution in [3.05, 3.63) is 232 Å². The summed E-state index contributed by atoms with van der Waals surface area (Å²) in [6, 6.07) is 60.5. The monoisotopic (exact) mass is 748 g/mol. The quantitative estimate of drug-likeness (QED) is 0.0635. The van der Waals surface area contributed by atoms with Crippen molar-refractivity contribution in [2.75, 3.05) is 0 Å². The summed E-state index contributed by atoms with van der Waals surface area (Å²) in [7, 11) is -5.79. The molecule has 0 fully saturated rings. The van der Waals surface area contributed by atoms with E-state index >= 15 is 0 Å². The van der Waals surface area contributed by atoms with Crippen LogP contribution in [0.5, 0.6) is 0 Å². The minimum Gasteiger partial charge on any atom is -0.321 e. The van der Waals surface area contributed by atoms with Crippen LogP contribution in [0.1, 0.15) is 0 Å². The Hall–Kier alpha value is -4.83. The molecule has 0 N–H and O–H groups in total. The number of rotatable bonds is 12. The van der Waals surface area contributed by atoms with Gasteiger partial charge in [-0.3, -0.25) is 0 Å². The van der Waals surface area contributed by atoms with Crippen molar-refractivity contribution in [2.24, 2.45) is 0 Å². The molecule has 0 aliphatic rings. The molecule has 0 spiro atoms. The number of benzene rings is 6. The standard InChI is InChI=1S/2C23H19OSi.Cu.Li/c2*1-2-3-19-23(24)25(20-13-7-4-8-14-20,21-15-9-5-10-16-21)22-17-11-6-12-18-22;;/h2*2-18H,1H2;;/q2*-1;2*+1. The third-order valence-electron chi connectivity index (χ3n) is 8.59. The zero-order valence-corrected chi connectivity index (χ0v) is 32.1. The Morgan fingerprint density at radius 2 is 0.558 bits per heavy atom. The Labute approximate surface area is 333 Å². The number of hydrogen-bond acceptors (Lipinski definition) is 2. The number of carbonyl (C=O) groups is 2. The molecule has 0 atom stereocenters. The van der Waals surface area contributed by atoms with E-state index in [1.807, 2.05) is 109 Å². The number of allylic oxidation sites excluding steroid dienone is 6. The Morgan fingerprint density at radius 3 is 0.712 bits per heavy atom. The topological polar surface area (TPSA) is 34.1 Å². The van der Waals surface area contributed by atoms with Gasteiger partial charge in [-0.15, -0.1) is 0 Å². The van der Waals surface area contributed by atoms with E-state index in [2.05, 4.69) is 98.1 Å². The van der Waals surface area contributed by atoms with Crippen molar-refractivity contribution < 1.29 is 45.5 Å². The van der Waals surface area contributed by atoms with Crippen molar-refractivity contribution in [1.82, 2.24) is 0 Å². The van der Waals surface area contributed by atoms with Crippen LogP contribution in [0.4, 0.5) is 0 Å². The first-order valence-corrected chi connectivity index (χ1v) is 20.4. The maximum absolute atomic E-state index is 13.5. The fourth-order valence-corrected chi connectivity index (χ4v) is 14.7. The molecule has 6 heteroatoms. The molecule has 2 nitrogen and oxygen atoms in total. The van der Waals surface area contributed by atoms with Crippen LogP contribution >= 0.6 is 0 Å². The Bertz CT molecular complexity index is 1710. The van der Waals surface area contributed by atoms with Crippen LogP contribution in [0.15, 0.2) is 219 Å². The average Bonchev–Trinajstić information content (AvgIpc) is 3.20. The summed E-state index contributed by atoms with van der Waals surface area (Å²) in [5, 5.41) is 6.39. The molecule has 52 heavy (non-hydrogen) atoms. The minimum absolute atomic E-state index is 0. The molecule has 0 amide bonds. The van der Waals surface area contributed by atoms with E-state index in [9.17, 15) is 9.59 Å². The van der Waals surface area contributed by atoms with E-state index in [-0.39, 0.29) is 46.7 Å². The molecular formula is C46H38CuLiO2Si2. The molecule has 0 unspecified atom stereocenters. The van der Waals surface area contributed by atoms with Crippen LogP contribution in [-0.2, 0) is 26.7 Å². The van der Waals surface area contributed by atoms with E-state index in [0.717, 1.165) is 31.1 Å². The third-order valence-corrected chi connectivity index (χ3v) is 17.4. The molecule has 0 aliphatic heterocycles. The Balaban J connectivity index is 0.000000270.